The number of anilines is 4. The topological polar surface area (TPSA) is 24.3 Å². The van der Waals surface area contributed by atoms with E-state index in [-0.39, 0.29) is 22.4 Å². The number of alkyl halides is 2. The van der Waals surface area contributed by atoms with E-state index in [0.717, 1.165) is 33.2 Å². The molecule has 0 aliphatic carbocycles. The fraction of sp³-hybridized carbons (Fsp3) is 0.132. The van der Waals surface area contributed by atoms with Crippen LogP contribution in [-0.2, 0) is 11.3 Å². The summed E-state index contributed by atoms with van der Waals surface area (Å²) in [7, 11) is 0. The van der Waals surface area contributed by atoms with Crippen LogP contribution in [-0.4, -0.2) is 16.2 Å². The minimum Gasteiger partial charge on any atom is -0.321 e. The molecule has 0 atom stereocenters. The Morgan fingerprint density at radius 2 is 1.09 bits per heavy atom. The predicted octanol–water partition coefficient (Wildman–Crippen LogP) is 18.5. The molecule has 0 amide bonds. The monoisotopic (exact) mass is 984 g/mol. The molecule has 1 aliphatic heterocycles. The largest absolute Gasteiger partial charge is 0.321 e. The van der Waals surface area contributed by atoms with Crippen LogP contribution < -0.4 is 9.80 Å². The van der Waals surface area contributed by atoms with E-state index in [1.807, 2.05) is 73.9 Å². The van der Waals surface area contributed by atoms with Crippen molar-refractivity contribution < 1.29 is 32.1 Å². The Bertz CT molecular complexity index is 4770. The first-order valence-corrected chi connectivity index (χ1v) is 24.0. The molecule has 3 heterocycles. The second kappa shape index (κ2) is 18.2. The molecule has 362 valence electrons. The molecule has 9 aromatic carbocycles. The second-order valence-corrected chi connectivity index (χ2v) is 19.6. The van der Waals surface area contributed by atoms with Gasteiger partial charge >= 0.3 is 0 Å². The first-order valence-electron chi connectivity index (χ1n) is 32.5. The van der Waals surface area contributed by atoms with Gasteiger partial charge in [0, 0.05) is 44.9 Å². The molecule has 4 nitrogen and oxygen atoms in total. The summed E-state index contributed by atoms with van der Waals surface area (Å²) in [6.45, 7) is 11.5. The van der Waals surface area contributed by atoms with Gasteiger partial charge in [0.25, 0.3) is 5.92 Å². The fourth-order valence-electron chi connectivity index (χ4n) is 10.3. The summed E-state index contributed by atoms with van der Waals surface area (Å²) in [4.78, 5) is 7.86. The van der Waals surface area contributed by atoms with E-state index in [1.165, 1.54) is 29.2 Å². The molecule has 74 heavy (non-hydrogen) atoms. The minimum absolute atomic E-state index is 0.168. The third kappa shape index (κ3) is 8.11. The van der Waals surface area contributed by atoms with Crippen molar-refractivity contribution in [3.05, 3.63) is 251 Å². The van der Waals surface area contributed by atoms with Crippen LogP contribution >= 0.6 is 0 Å². The Hall–Kier alpha value is -8.61. The van der Waals surface area contributed by atoms with Crippen molar-refractivity contribution in [2.75, 3.05) is 16.5 Å². The Labute approximate surface area is 456 Å². The van der Waals surface area contributed by atoms with Gasteiger partial charge in [-0.15, -0.1) is 0 Å². The van der Waals surface area contributed by atoms with Gasteiger partial charge in [0.1, 0.15) is 12.5 Å². The zero-order valence-electron chi connectivity index (χ0n) is 58.2. The molecule has 0 spiro atoms. The molecule has 0 saturated carbocycles. The number of fused-ring (bicyclic) bond motifs is 4. The van der Waals surface area contributed by atoms with E-state index in [0.29, 0.717) is 33.5 Å². The molecular formula is C68H56F2N4. The highest BCUT2D eigenvalue weighted by atomic mass is 19.3. The molecule has 6 heteroatoms. The molecule has 12 rings (SSSR count). The maximum atomic E-state index is 18.6. The number of benzene rings is 9. The average Bonchev–Trinajstić information content (AvgIpc) is 1.65. The van der Waals surface area contributed by atoms with Crippen LogP contribution in [0.1, 0.15) is 77.5 Å². The summed E-state index contributed by atoms with van der Waals surface area (Å²) in [6, 6.07) is 16.1. The smallest absolute Gasteiger partial charge is 0.298 e. The number of nitrogens with zero attached hydrogens (tertiary/aromatic N) is 4. The number of halogens is 2. The quantitative estimate of drug-likeness (QED) is 0.144. The summed E-state index contributed by atoms with van der Waals surface area (Å²) in [5, 5.41) is 1.54. The van der Waals surface area contributed by atoms with Gasteiger partial charge in [0.15, 0.2) is 0 Å². The van der Waals surface area contributed by atoms with E-state index in [2.05, 4.69) is 20.8 Å². The van der Waals surface area contributed by atoms with Crippen molar-refractivity contribution in [3.63, 3.8) is 0 Å². The first-order chi connectivity index (χ1) is 42.9. The average molecular weight is 984 g/mol. The summed E-state index contributed by atoms with van der Waals surface area (Å²) < 4.78 is 194. The highest BCUT2D eigenvalue weighted by molar-refractivity contribution is 6.09. The molecule has 0 N–H and O–H groups in total. The van der Waals surface area contributed by atoms with Gasteiger partial charge in [0.2, 0.25) is 0 Å². The van der Waals surface area contributed by atoms with E-state index in [1.54, 1.807) is 47.5 Å². The Kier molecular flexibility index (Phi) is 7.62. The van der Waals surface area contributed by atoms with Crippen LogP contribution in [0, 0.1) is 20.8 Å². The molecule has 2 aromatic heterocycles. The number of aromatic nitrogens is 2. The van der Waals surface area contributed by atoms with Gasteiger partial charge in [-0.2, -0.15) is 8.78 Å². The molecule has 1 aliphatic rings. The van der Waals surface area contributed by atoms with Gasteiger partial charge in [-0.05, 0) is 143 Å². The lowest BCUT2D eigenvalue weighted by molar-refractivity contribution is 0.0430. The van der Waals surface area contributed by atoms with Crippen LogP contribution in [0.2, 0.25) is 0 Å². The summed E-state index contributed by atoms with van der Waals surface area (Å²) >= 11 is 0. The third-order valence-electron chi connectivity index (χ3n) is 13.7. The van der Waals surface area contributed by atoms with Crippen molar-refractivity contribution in [3.8, 4) is 50.3 Å². The number of aryl methyl sites for hydroxylation is 3. The fourth-order valence-corrected chi connectivity index (χ4v) is 10.3. The highest BCUT2D eigenvalue weighted by Crippen LogP contribution is 2.53. The van der Waals surface area contributed by atoms with Crippen molar-refractivity contribution in [2.24, 2.45) is 0 Å². The number of hydrogen-bond acceptors (Lipinski definition) is 3. The van der Waals surface area contributed by atoms with Crippen molar-refractivity contribution >= 4 is 44.6 Å². The normalized spacial score (nSPS) is 16.0. The van der Waals surface area contributed by atoms with Crippen molar-refractivity contribution in [2.45, 2.75) is 52.9 Å². The molecule has 0 fully saturated rings. The number of hydrogen-bond donors (Lipinski definition) is 0. The Morgan fingerprint density at radius 1 is 0.514 bits per heavy atom. The van der Waals surface area contributed by atoms with Crippen LogP contribution in [0.4, 0.5) is 31.5 Å². The maximum absolute atomic E-state index is 18.6. The summed E-state index contributed by atoms with van der Waals surface area (Å²) in [5.41, 5.74) is 0.807. The molecule has 0 unspecified atom stereocenters. The lowest BCUT2D eigenvalue weighted by atomic mass is 9.88. The summed E-state index contributed by atoms with van der Waals surface area (Å²) in [6.07, 6.45) is 1.71. The minimum atomic E-state index is -3.76. The van der Waals surface area contributed by atoms with E-state index < -0.39 is 160 Å². The number of rotatable bonds is 9. The molecule has 11 aromatic rings. The van der Waals surface area contributed by atoms with Gasteiger partial charge in [-0.1, -0.05) is 172 Å². The maximum Gasteiger partial charge on any atom is 0.298 e. The van der Waals surface area contributed by atoms with E-state index >= 15 is 8.78 Å². The third-order valence-corrected chi connectivity index (χ3v) is 13.7. The van der Waals surface area contributed by atoms with Crippen molar-refractivity contribution in [1.82, 2.24) is 9.55 Å². The van der Waals surface area contributed by atoms with Crippen LogP contribution in [0.15, 0.2) is 218 Å². The Balaban J connectivity index is 1.16. The van der Waals surface area contributed by atoms with Gasteiger partial charge in [-0.3, -0.25) is 4.57 Å². The molecule has 0 saturated heterocycles. The van der Waals surface area contributed by atoms with E-state index in [4.69, 9.17) is 20.1 Å². The number of para-hydroxylation sites is 3. The number of pyridine rings is 1. The molecule has 0 bridgehead atoms. The van der Waals surface area contributed by atoms with E-state index in [9.17, 15) is 8.22 Å². The van der Waals surface area contributed by atoms with Crippen LogP contribution in [0.3, 0.4) is 0 Å². The zero-order chi connectivity index (χ0) is 65.7. The van der Waals surface area contributed by atoms with Gasteiger partial charge in [-0.25, -0.2) is 4.98 Å². The van der Waals surface area contributed by atoms with Gasteiger partial charge < -0.3 is 9.80 Å². The zero-order valence-corrected chi connectivity index (χ0v) is 41.2. The first kappa shape index (κ1) is 31.1. The predicted molar refractivity (Wildman–Crippen MR) is 305 cm³/mol. The Morgan fingerprint density at radius 3 is 1.73 bits per heavy atom. The SMILES string of the molecule is [2H]c1c([2H])c([2H])c(-c2c([2H])c(-c3c([2H])c([2H])c([2H])c([2H])c3[2H])c(N3CN(c4cc(-c5c(C)cc(C)cc5C)cc(C(F)(F)c5ccc6c7ccccc7n(-c7cc(C(C)(C)C)ccn7)c6c5)c4)c4ccccc43)c(-c3c([2H])c([2H])c([2H])c([2H])c3[2H])c2[2H])c([2H])c1[2H]. The van der Waals surface area contributed by atoms with Crippen LogP contribution in [0.5, 0.6) is 0 Å². The lowest BCUT2D eigenvalue weighted by Gasteiger charge is -2.29. The lowest BCUT2D eigenvalue weighted by Crippen LogP contribution is -2.25. The summed E-state index contributed by atoms with van der Waals surface area (Å²) in [5.74, 6) is -3.22. The standard InChI is InChI=1S/C68H56F2N4/c1-44-34-45(2)65(46(3)35-44)51-36-54(68(69,70)53-30-31-57-56-26-16-17-27-60(56)74(63(57)41-53)64-42-52(32-33-71-64)67(4,5)6)40-55(37-51)72-43-73(62-29-19-18-28-61(62)72)66-58(48-22-12-8-13-23-48)38-50(47-20-10-7-11-21-47)39-59(66)49-24-14-9-15-25-49/h7-42H,43H2,1-6H3/i7D,8D,9D,10D,11D,12D,13D,14D,15D,20D,21D,22D,23D,24D,25D,38D,39D. The molecule has 0 radical (unpaired) electrons. The molecular weight excluding hydrogens is 911 g/mol. The second-order valence-electron chi connectivity index (χ2n) is 19.6. The highest BCUT2D eigenvalue weighted by Gasteiger charge is 2.38. The van der Waals surface area contributed by atoms with Gasteiger partial charge in [0.05, 0.1) is 51.4 Å². The van der Waals surface area contributed by atoms with Crippen LogP contribution in [0.25, 0.3) is 72.1 Å². The van der Waals surface area contributed by atoms with Crippen molar-refractivity contribution in [1.29, 1.82) is 0 Å².